The van der Waals surface area contributed by atoms with E-state index in [9.17, 15) is 27.6 Å². The Balaban J connectivity index is 1.57. The van der Waals surface area contributed by atoms with Crippen LogP contribution >= 0.6 is 0 Å². The summed E-state index contributed by atoms with van der Waals surface area (Å²) in [6, 6.07) is 17.3. The fourth-order valence-corrected chi connectivity index (χ4v) is 3.26. The largest absolute Gasteiger partial charge is 0.416 e. The highest BCUT2D eigenvalue weighted by Gasteiger charge is 2.30. The van der Waals surface area contributed by atoms with E-state index in [0.717, 1.165) is 18.6 Å². The average Bonchev–Trinajstić information content (AvgIpc) is 2.83. The first-order valence-electron chi connectivity index (χ1n) is 11.2. The van der Waals surface area contributed by atoms with Crippen molar-refractivity contribution < 1.29 is 27.6 Å². The van der Waals surface area contributed by atoms with E-state index in [1.54, 1.807) is 36.4 Å². The zero-order valence-corrected chi connectivity index (χ0v) is 19.4. The third-order valence-electron chi connectivity index (χ3n) is 4.93. The van der Waals surface area contributed by atoms with Crippen LogP contribution in [0.2, 0.25) is 0 Å². The Kier molecular flexibility index (Phi) is 8.66. The molecule has 0 fully saturated rings. The van der Waals surface area contributed by atoms with Gasteiger partial charge in [-0.05, 0) is 61.0 Å². The zero-order valence-electron chi connectivity index (χ0n) is 19.4. The number of benzene rings is 3. The van der Waals surface area contributed by atoms with Crippen LogP contribution in [-0.2, 0) is 15.8 Å². The number of carbonyl (C=O) groups excluding carboxylic acids is 3. The van der Waals surface area contributed by atoms with Gasteiger partial charge in [-0.25, -0.2) is 0 Å². The minimum absolute atomic E-state index is 0.00146. The number of rotatable bonds is 9. The van der Waals surface area contributed by atoms with Crippen molar-refractivity contribution >= 4 is 40.5 Å². The molecule has 0 aliphatic heterocycles. The maximum atomic E-state index is 12.9. The smallest absolute Gasteiger partial charge is 0.376 e. The lowest BCUT2D eigenvalue weighted by Crippen LogP contribution is -2.22. The van der Waals surface area contributed by atoms with Gasteiger partial charge in [-0.3, -0.25) is 14.4 Å². The van der Waals surface area contributed by atoms with Crippen molar-refractivity contribution in [1.82, 2.24) is 0 Å². The van der Waals surface area contributed by atoms with Crippen molar-refractivity contribution in [1.29, 1.82) is 0 Å². The third-order valence-corrected chi connectivity index (χ3v) is 4.93. The Morgan fingerprint density at radius 1 is 0.722 bits per heavy atom. The summed E-state index contributed by atoms with van der Waals surface area (Å²) in [4.78, 5) is 36.7. The van der Waals surface area contributed by atoms with Crippen molar-refractivity contribution in [2.24, 2.45) is 0 Å². The van der Waals surface area contributed by atoms with Crippen LogP contribution in [0.5, 0.6) is 0 Å². The van der Waals surface area contributed by atoms with E-state index >= 15 is 0 Å². The van der Waals surface area contributed by atoms with Gasteiger partial charge in [-0.15, -0.1) is 0 Å². The van der Waals surface area contributed by atoms with Crippen molar-refractivity contribution in [2.75, 3.05) is 27.8 Å². The van der Waals surface area contributed by atoms with Gasteiger partial charge in [0.05, 0.1) is 12.1 Å². The fraction of sp³-hybridized carbons (Fsp3) is 0.192. The van der Waals surface area contributed by atoms with Crippen molar-refractivity contribution in [3.05, 3.63) is 83.9 Å². The molecule has 188 valence electrons. The Bertz CT molecular complexity index is 1240. The molecule has 3 aromatic rings. The van der Waals surface area contributed by atoms with Crippen LogP contribution in [0.1, 0.15) is 35.7 Å². The molecule has 0 bridgehead atoms. The first-order chi connectivity index (χ1) is 17.1. The third kappa shape index (κ3) is 7.86. The molecule has 3 rings (SSSR count). The summed E-state index contributed by atoms with van der Waals surface area (Å²) in [5.41, 5.74) is 0.879. The molecule has 10 heteroatoms. The molecule has 3 amide bonds. The molecule has 36 heavy (non-hydrogen) atoms. The number of anilines is 4. The van der Waals surface area contributed by atoms with Gasteiger partial charge in [-0.2, -0.15) is 13.2 Å². The van der Waals surface area contributed by atoms with Crippen LogP contribution in [0.15, 0.2) is 72.8 Å². The first-order valence-corrected chi connectivity index (χ1v) is 11.2. The van der Waals surface area contributed by atoms with Gasteiger partial charge >= 0.3 is 6.18 Å². The van der Waals surface area contributed by atoms with E-state index in [4.69, 9.17) is 0 Å². The fourth-order valence-electron chi connectivity index (χ4n) is 3.26. The minimum atomic E-state index is -4.52. The van der Waals surface area contributed by atoms with Crippen LogP contribution in [0.25, 0.3) is 0 Å². The lowest BCUT2D eigenvalue weighted by molar-refractivity contribution is -0.137. The van der Waals surface area contributed by atoms with E-state index in [2.05, 4.69) is 21.3 Å². The van der Waals surface area contributed by atoms with Gasteiger partial charge in [0, 0.05) is 34.7 Å². The summed E-state index contributed by atoms with van der Waals surface area (Å²) in [6.45, 7) is 1.83. The highest BCUT2D eigenvalue weighted by atomic mass is 19.4. The van der Waals surface area contributed by atoms with Crippen molar-refractivity contribution in [2.45, 2.75) is 25.9 Å². The molecule has 0 atom stereocenters. The average molecular weight is 499 g/mol. The minimum Gasteiger partial charge on any atom is -0.376 e. The molecule has 0 unspecified atom stereocenters. The van der Waals surface area contributed by atoms with Crippen LogP contribution < -0.4 is 21.3 Å². The number of halogens is 3. The van der Waals surface area contributed by atoms with Gasteiger partial charge in [0.15, 0.2) is 0 Å². The Morgan fingerprint density at radius 3 is 2.00 bits per heavy atom. The molecule has 4 N–H and O–H groups in total. The SMILES string of the molecule is CCCC(=O)Nc1cccc(NCC(=O)Nc2cccc(C(=O)Nc3cccc(C(F)(F)F)c3)c2)c1. The summed E-state index contributed by atoms with van der Waals surface area (Å²) >= 11 is 0. The first kappa shape index (κ1) is 26.3. The van der Waals surface area contributed by atoms with Gasteiger partial charge in [-0.1, -0.05) is 25.1 Å². The summed E-state index contributed by atoms with van der Waals surface area (Å²) in [7, 11) is 0. The predicted octanol–water partition coefficient (Wildman–Crippen LogP) is 5.75. The molecule has 3 aromatic carbocycles. The Labute approximate surface area is 206 Å². The van der Waals surface area contributed by atoms with Crippen LogP contribution in [0.3, 0.4) is 0 Å². The Hall–Kier alpha value is -4.34. The maximum absolute atomic E-state index is 12.9. The van der Waals surface area contributed by atoms with E-state index in [1.165, 1.54) is 24.3 Å². The molecule has 0 aromatic heterocycles. The maximum Gasteiger partial charge on any atom is 0.416 e. The normalized spacial score (nSPS) is 10.9. The molecule has 0 saturated carbocycles. The topological polar surface area (TPSA) is 99.3 Å². The van der Waals surface area contributed by atoms with E-state index in [0.29, 0.717) is 23.5 Å². The monoisotopic (exact) mass is 498 g/mol. The standard InChI is InChI=1S/C26H25F3N4O3/c1-2-6-23(34)31-22-12-5-9-19(15-22)30-16-24(35)32-20-10-3-7-17(13-20)25(36)33-21-11-4-8-18(14-21)26(27,28)29/h3-5,7-15,30H,2,6,16H2,1H3,(H,31,34)(H,32,35)(H,33,36). The highest BCUT2D eigenvalue weighted by Crippen LogP contribution is 2.30. The van der Waals surface area contributed by atoms with Gasteiger partial charge in [0.2, 0.25) is 11.8 Å². The van der Waals surface area contributed by atoms with Crippen LogP contribution in [0, 0.1) is 0 Å². The van der Waals surface area contributed by atoms with Gasteiger partial charge in [0.1, 0.15) is 0 Å². The summed E-state index contributed by atoms with van der Waals surface area (Å²) in [5, 5.41) is 10.8. The number of amides is 3. The lowest BCUT2D eigenvalue weighted by atomic mass is 10.1. The molecule has 0 saturated heterocycles. The van der Waals surface area contributed by atoms with Gasteiger partial charge < -0.3 is 21.3 Å². The zero-order chi connectivity index (χ0) is 26.1. The second-order valence-corrected chi connectivity index (χ2v) is 7.89. The number of nitrogens with one attached hydrogen (secondary N) is 4. The summed E-state index contributed by atoms with van der Waals surface area (Å²) in [5.74, 6) is -1.10. The highest BCUT2D eigenvalue weighted by molar-refractivity contribution is 6.05. The summed E-state index contributed by atoms with van der Waals surface area (Å²) < 4.78 is 38.7. The molecular weight excluding hydrogens is 473 g/mol. The number of carbonyl (C=O) groups is 3. The van der Waals surface area contributed by atoms with Crippen LogP contribution in [0.4, 0.5) is 35.9 Å². The lowest BCUT2D eigenvalue weighted by Gasteiger charge is -2.12. The molecule has 0 aliphatic carbocycles. The summed E-state index contributed by atoms with van der Waals surface area (Å²) in [6.07, 6.45) is -3.38. The van der Waals surface area contributed by atoms with Crippen molar-refractivity contribution in [3.8, 4) is 0 Å². The van der Waals surface area contributed by atoms with E-state index in [1.807, 2.05) is 6.92 Å². The number of hydrogen-bond acceptors (Lipinski definition) is 4. The second kappa shape index (κ2) is 11.9. The molecule has 0 radical (unpaired) electrons. The van der Waals surface area contributed by atoms with E-state index in [-0.39, 0.29) is 29.6 Å². The quantitative estimate of drug-likeness (QED) is 0.302. The number of alkyl halides is 3. The van der Waals surface area contributed by atoms with E-state index < -0.39 is 17.6 Å². The van der Waals surface area contributed by atoms with Crippen LogP contribution in [-0.4, -0.2) is 24.3 Å². The Morgan fingerprint density at radius 2 is 1.31 bits per heavy atom. The number of hydrogen-bond donors (Lipinski definition) is 4. The predicted molar refractivity (Wildman–Crippen MR) is 133 cm³/mol. The molecule has 7 nitrogen and oxygen atoms in total. The second-order valence-electron chi connectivity index (χ2n) is 7.89. The molecular formula is C26H25F3N4O3. The molecule has 0 heterocycles. The molecule has 0 spiro atoms. The molecule has 0 aliphatic rings. The van der Waals surface area contributed by atoms with Crippen molar-refractivity contribution in [3.63, 3.8) is 0 Å². The van der Waals surface area contributed by atoms with Gasteiger partial charge in [0.25, 0.3) is 5.91 Å².